The van der Waals surface area contributed by atoms with Crippen molar-refractivity contribution in [3.8, 4) is 5.75 Å². The van der Waals surface area contributed by atoms with Crippen molar-refractivity contribution in [1.82, 2.24) is 20.9 Å². The molecule has 1 aromatic carbocycles. The van der Waals surface area contributed by atoms with E-state index in [-0.39, 0.29) is 23.8 Å². The fourth-order valence-electron chi connectivity index (χ4n) is 5.73. The van der Waals surface area contributed by atoms with Crippen molar-refractivity contribution in [2.45, 2.75) is 104 Å². The average Bonchev–Trinajstić information content (AvgIpc) is 3.09. The Balaban J connectivity index is 0.00000195. The lowest BCUT2D eigenvalue weighted by molar-refractivity contribution is -0.150. The van der Waals surface area contributed by atoms with Crippen molar-refractivity contribution in [2.24, 2.45) is 5.41 Å². The predicted molar refractivity (Wildman–Crippen MR) is 147 cm³/mol. The first-order valence-electron chi connectivity index (χ1n) is 14.1. The number of nitrogens with one attached hydrogen (secondary N) is 3. The molecule has 3 N–H and O–H groups in total. The molecule has 2 saturated heterocycles. The van der Waals surface area contributed by atoms with Crippen LogP contribution in [0.4, 0.5) is 0 Å². The topological polar surface area (TPSA) is 109 Å². The molecule has 3 aliphatic rings. The molecule has 4 rings (SSSR count). The molecule has 0 saturated carbocycles. The third-order valence-corrected chi connectivity index (χ3v) is 7.75. The van der Waals surface area contributed by atoms with Gasteiger partial charge in [0.1, 0.15) is 24.1 Å². The minimum atomic E-state index is -0.727. The Kier molecular flexibility index (Phi) is 10.2. The summed E-state index contributed by atoms with van der Waals surface area (Å²) in [4.78, 5) is 41.6. The monoisotopic (exact) mass is 530 g/mol. The van der Waals surface area contributed by atoms with E-state index in [0.29, 0.717) is 26.1 Å². The van der Waals surface area contributed by atoms with Crippen LogP contribution in [-0.2, 0) is 25.5 Å². The smallest absolute Gasteiger partial charge is 0.247 e. The quantitative estimate of drug-likeness (QED) is 0.500. The van der Waals surface area contributed by atoms with E-state index in [9.17, 15) is 14.4 Å². The summed E-state index contributed by atoms with van der Waals surface area (Å²) in [5.74, 6) is 0.155. The van der Waals surface area contributed by atoms with Gasteiger partial charge in [-0.25, -0.2) is 0 Å². The van der Waals surface area contributed by atoms with E-state index in [1.165, 1.54) is 5.56 Å². The molecule has 212 valence electrons. The Morgan fingerprint density at radius 1 is 1.18 bits per heavy atom. The van der Waals surface area contributed by atoms with Crippen molar-refractivity contribution in [2.75, 3.05) is 20.3 Å². The van der Waals surface area contributed by atoms with Gasteiger partial charge in [0.05, 0.1) is 25.3 Å². The molecule has 0 bridgehead atoms. The molecule has 1 aromatic rings. The van der Waals surface area contributed by atoms with Gasteiger partial charge in [-0.05, 0) is 75.3 Å². The number of hydrogen-bond donors (Lipinski definition) is 3. The highest BCUT2D eigenvalue weighted by Gasteiger charge is 2.55. The van der Waals surface area contributed by atoms with Crippen LogP contribution in [0.2, 0.25) is 0 Å². The van der Waals surface area contributed by atoms with Gasteiger partial charge >= 0.3 is 0 Å². The lowest BCUT2D eigenvalue weighted by atomic mass is 9.82. The Labute approximate surface area is 227 Å². The number of amides is 3. The summed E-state index contributed by atoms with van der Waals surface area (Å²) in [6.45, 7) is 12.7. The number of carbonyl (C=O) groups excluding carboxylic acids is 3. The highest BCUT2D eigenvalue weighted by Crippen LogP contribution is 2.43. The second kappa shape index (κ2) is 12.9. The highest BCUT2D eigenvalue weighted by atomic mass is 16.5. The van der Waals surface area contributed by atoms with Crippen molar-refractivity contribution in [1.29, 1.82) is 0 Å². The van der Waals surface area contributed by atoms with E-state index in [2.05, 4.69) is 22.0 Å². The largest absolute Gasteiger partial charge is 0.494 e. The lowest BCUT2D eigenvalue weighted by Crippen LogP contribution is -2.58. The summed E-state index contributed by atoms with van der Waals surface area (Å²) in [6.07, 6.45) is 3.20. The van der Waals surface area contributed by atoms with Crippen LogP contribution in [-0.4, -0.2) is 67.2 Å². The zero-order valence-corrected chi connectivity index (χ0v) is 24.1. The average molecular weight is 531 g/mol. The Bertz CT molecular complexity index is 997. The number of aryl methyl sites for hydroxylation is 1. The normalized spacial score (nSPS) is 26.6. The first-order valence-corrected chi connectivity index (χ1v) is 14.1. The SMILES string of the molecule is CC.CCOc1ccc2c(c1)CCCC2NC(=O)C1N2C(=O)C(NC(=O)C(C)NC)CCOC2CC1(C)C. The molecule has 0 radical (unpaired) electrons. The fourth-order valence-corrected chi connectivity index (χ4v) is 5.73. The Hall–Kier alpha value is -2.65. The first kappa shape index (κ1) is 29.9. The molecule has 2 heterocycles. The van der Waals surface area contributed by atoms with Gasteiger partial charge in [0, 0.05) is 6.42 Å². The van der Waals surface area contributed by atoms with E-state index in [4.69, 9.17) is 9.47 Å². The number of nitrogens with zero attached hydrogens (tertiary/aromatic N) is 1. The third-order valence-electron chi connectivity index (χ3n) is 7.75. The van der Waals surface area contributed by atoms with Crippen molar-refractivity contribution >= 4 is 17.7 Å². The fraction of sp³-hybridized carbons (Fsp3) is 0.690. The van der Waals surface area contributed by atoms with Gasteiger partial charge < -0.3 is 30.3 Å². The summed E-state index contributed by atoms with van der Waals surface area (Å²) in [5, 5.41) is 9.00. The molecule has 5 atom stereocenters. The van der Waals surface area contributed by atoms with Crippen LogP contribution in [0.5, 0.6) is 5.75 Å². The molecule has 9 heteroatoms. The Morgan fingerprint density at radius 3 is 2.61 bits per heavy atom. The number of carbonyl (C=O) groups is 3. The van der Waals surface area contributed by atoms with Crippen molar-refractivity contribution in [3.05, 3.63) is 29.3 Å². The number of rotatable bonds is 7. The summed E-state index contributed by atoms with van der Waals surface area (Å²) in [5.41, 5.74) is 1.82. The lowest BCUT2D eigenvalue weighted by Gasteiger charge is -2.35. The molecule has 3 amide bonds. The maximum atomic E-state index is 13.8. The number of likely N-dealkylation sites (N-methyl/N-ethyl adjacent to an activating group) is 1. The number of fused-ring (bicyclic) bond motifs is 2. The van der Waals surface area contributed by atoms with Crippen LogP contribution in [0.3, 0.4) is 0 Å². The van der Waals surface area contributed by atoms with Gasteiger partial charge in [0.15, 0.2) is 0 Å². The third kappa shape index (κ3) is 6.31. The predicted octanol–water partition coefficient (Wildman–Crippen LogP) is 3.07. The summed E-state index contributed by atoms with van der Waals surface area (Å²) >= 11 is 0. The van der Waals surface area contributed by atoms with E-state index in [0.717, 1.165) is 30.6 Å². The van der Waals surface area contributed by atoms with Crippen LogP contribution in [0.1, 0.15) is 84.4 Å². The maximum absolute atomic E-state index is 13.8. The number of hydrogen-bond acceptors (Lipinski definition) is 6. The molecule has 38 heavy (non-hydrogen) atoms. The standard InChI is InChI=1S/C27H40N4O5.C2H6/c1-6-35-18-10-11-19-17(14-18)8-7-9-20(19)29-25(33)23-27(3,4)15-22-31(23)26(34)21(12-13-36-22)30-24(32)16(2)28-5;1-2/h10-11,14,16,20-23,28H,6-9,12-13,15H2,1-5H3,(H,29,33)(H,30,32);1-2H3. The molecule has 2 fully saturated rings. The van der Waals surface area contributed by atoms with Crippen LogP contribution < -0.4 is 20.7 Å². The van der Waals surface area contributed by atoms with Gasteiger partial charge in [-0.3, -0.25) is 14.4 Å². The second-order valence-corrected chi connectivity index (χ2v) is 10.8. The molecule has 0 aromatic heterocycles. The van der Waals surface area contributed by atoms with Gasteiger partial charge in [0.25, 0.3) is 0 Å². The molecular weight excluding hydrogens is 484 g/mol. The van der Waals surface area contributed by atoms with E-state index >= 15 is 0 Å². The molecule has 5 unspecified atom stereocenters. The van der Waals surface area contributed by atoms with Crippen LogP contribution >= 0.6 is 0 Å². The summed E-state index contributed by atoms with van der Waals surface area (Å²) < 4.78 is 11.7. The molecule has 9 nitrogen and oxygen atoms in total. The molecule has 2 aliphatic heterocycles. The maximum Gasteiger partial charge on any atom is 0.247 e. The first-order chi connectivity index (χ1) is 18.2. The van der Waals surface area contributed by atoms with Gasteiger partial charge in [-0.1, -0.05) is 33.8 Å². The van der Waals surface area contributed by atoms with E-state index in [1.807, 2.05) is 46.8 Å². The van der Waals surface area contributed by atoms with Crippen molar-refractivity contribution < 1.29 is 23.9 Å². The van der Waals surface area contributed by atoms with Gasteiger partial charge in [0.2, 0.25) is 17.7 Å². The minimum Gasteiger partial charge on any atom is -0.494 e. The minimum absolute atomic E-state index is 0.123. The zero-order chi connectivity index (χ0) is 28.0. The van der Waals surface area contributed by atoms with Crippen LogP contribution in [0.15, 0.2) is 18.2 Å². The molecular formula is C29H46N4O5. The summed E-state index contributed by atoms with van der Waals surface area (Å²) in [6, 6.07) is 4.09. The Morgan fingerprint density at radius 2 is 1.92 bits per heavy atom. The number of benzene rings is 1. The van der Waals surface area contributed by atoms with Gasteiger partial charge in [-0.15, -0.1) is 0 Å². The molecule has 0 spiro atoms. The van der Waals surface area contributed by atoms with Crippen LogP contribution in [0, 0.1) is 5.41 Å². The second-order valence-electron chi connectivity index (χ2n) is 10.8. The summed E-state index contributed by atoms with van der Waals surface area (Å²) in [7, 11) is 1.70. The van der Waals surface area contributed by atoms with Gasteiger partial charge in [-0.2, -0.15) is 0 Å². The van der Waals surface area contributed by atoms with E-state index < -0.39 is 29.8 Å². The van der Waals surface area contributed by atoms with E-state index in [1.54, 1.807) is 18.9 Å². The highest BCUT2D eigenvalue weighted by molar-refractivity contribution is 5.94. The van der Waals surface area contributed by atoms with Crippen LogP contribution in [0.25, 0.3) is 0 Å². The zero-order valence-electron chi connectivity index (χ0n) is 24.1. The van der Waals surface area contributed by atoms with Crippen molar-refractivity contribution in [3.63, 3.8) is 0 Å². The number of ether oxygens (including phenoxy) is 2. The molecule has 1 aliphatic carbocycles.